The van der Waals surface area contributed by atoms with E-state index in [-0.39, 0.29) is 17.9 Å². The molecule has 1 heterocycles. The van der Waals surface area contributed by atoms with E-state index in [1.165, 1.54) is 0 Å². The van der Waals surface area contributed by atoms with Gasteiger partial charge in [0.1, 0.15) is 16.1 Å². The van der Waals surface area contributed by atoms with E-state index in [2.05, 4.69) is 0 Å². The average molecular weight is 191 g/mol. The number of hydrogen-bond donors (Lipinski definition) is 1. The van der Waals surface area contributed by atoms with Gasteiger partial charge in [-0.2, -0.15) is 0 Å². The van der Waals surface area contributed by atoms with Crippen LogP contribution < -0.4 is 5.73 Å². The van der Waals surface area contributed by atoms with E-state index in [0.29, 0.717) is 12.8 Å². The van der Waals surface area contributed by atoms with Crippen LogP contribution in [0.25, 0.3) is 0 Å². The molecule has 1 aliphatic rings. The summed E-state index contributed by atoms with van der Waals surface area (Å²) >= 11 is 0. The van der Waals surface area contributed by atoms with Crippen molar-refractivity contribution in [1.29, 1.82) is 0 Å². The molecular weight excluding hydrogens is 178 g/mol. The number of aldehydes is 1. The number of hydrogen-bond acceptors (Lipinski definition) is 4. The lowest BCUT2D eigenvalue weighted by molar-refractivity contribution is -0.108. The Labute approximate surface area is 72.0 Å². The molecule has 0 aliphatic carbocycles. The van der Waals surface area contributed by atoms with Gasteiger partial charge in [-0.15, -0.1) is 0 Å². The zero-order valence-corrected chi connectivity index (χ0v) is 7.64. The molecule has 0 radical (unpaired) electrons. The van der Waals surface area contributed by atoms with Crippen molar-refractivity contribution in [2.45, 2.75) is 24.8 Å². The first-order valence-electron chi connectivity index (χ1n) is 3.90. The Bertz CT molecular complexity index is 256. The highest BCUT2D eigenvalue weighted by molar-refractivity contribution is 7.91. The zero-order valence-electron chi connectivity index (χ0n) is 6.82. The van der Waals surface area contributed by atoms with Crippen LogP contribution in [0.15, 0.2) is 0 Å². The summed E-state index contributed by atoms with van der Waals surface area (Å²) in [6, 6.07) is 0. The van der Waals surface area contributed by atoms with E-state index in [1.807, 2.05) is 0 Å². The molecule has 0 spiro atoms. The molecule has 0 saturated carbocycles. The van der Waals surface area contributed by atoms with Crippen molar-refractivity contribution in [3.8, 4) is 0 Å². The lowest BCUT2D eigenvalue weighted by atomic mass is 9.91. The fourth-order valence-corrected chi connectivity index (χ4v) is 2.95. The minimum atomic E-state index is -2.87. The molecule has 0 atom stereocenters. The Morgan fingerprint density at radius 1 is 1.33 bits per heavy atom. The Morgan fingerprint density at radius 3 is 2.25 bits per heavy atom. The van der Waals surface area contributed by atoms with Crippen LogP contribution in [0.3, 0.4) is 0 Å². The number of carbonyl (C=O) groups is 1. The highest BCUT2D eigenvalue weighted by Crippen LogP contribution is 2.23. The third-order valence-electron chi connectivity index (χ3n) is 2.31. The minimum Gasteiger partial charge on any atom is -0.325 e. The van der Waals surface area contributed by atoms with Crippen molar-refractivity contribution in [1.82, 2.24) is 0 Å². The quantitative estimate of drug-likeness (QED) is 0.596. The molecule has 1 rings (SSSR count). The van der Waals surface area contributed by atoms with Gasteiger partial charge >= 0.3 is 0 Å². The van der Waals surface area contributed by atoms with Crippen LogP contribution in [0.1, 0.15) is 19.3 Å². The van der Waals surface area contributed by atoms with Gasteiger partial charge in [-0.1, -0.05) is 0 Å². The lowest BCUT2D eigenvalue weighted by Crippen LogP contribution is -2.47. The van der Waals surface area contributed by atoms with E-state index in [4.69, 9.17) is 5.73 Å². The second kappa shape index (κ2) is 3.14. The summed E-state index contributed by atoms with van der Waals surface area (Å²) in [6.07, 6.45) is 1.85. The van der Waals surface area contributed by atoms with Crippen molar-refractivity contribution < 1.29 is 13.2 Å². The van der Waals surface area contributed by atoms with Crippen LogP contribution in [-0.2, 0) is 14.6 Å². The summed E-state index contributed by atoms with van der Waals surface area (Å²) in [6.45, 7) is 0. The SMILES string of the molecule is NC1(CC=O)CCS(=O)(=O)CC1. The van der Waals surface area contributed by atoms with Crippen molar-refractivity contribution in [3.05, 3.63) is 0 Å². The maximum absolute atomic E-state index is 11.0. The van der Waals surface area contributed by atoms with Crippen molar-refractivity contribution in [2.24, 2.45) is 5.73 Å². The van der Waals surface area contributed by atoms with Crippen LogP contribution in [0.4, 0.5) is 0 Å². The molecule has 1 fully saturated rings. The van der Waals surface area contributed by atoms with Crippen LogP contribution in [-0.4, -0.2) is 31.7 Å². The summed E-state index contributed by atoms with van der Waals surface area (Å²) in [5.41, 5.74) is 5.23. The molecule has 0 aromatic rings. The molecule has 70 valence electrons. The molecule has 0 aromatic heterocycles. The lowest BCUT2D eigenvalue weighted by Gasteiger charge is -2.31. The van der Waals surface area contributed by atoms with E-state index >= 15 is 0 Å². The Hall–Kier alpha value is -0.420. The molecule has 0 unspecified atom stereocenters. The zero-order chi connectivity index (χ0) is 9.24. The monoisotopic (exact) mass is 191 g/mol. The maximum Gasteiger partial charge on any atom is 0.150 e. The first-order valence-corrected chi connectivity index (χ1v) is 5.73. The van der Waals surface area contributed by atoms with Crippen LogP contribution in [0.2, 0.25) is 0 Å². The summed E-state index contributed by atoms with van der Waals surface area (Å²) in [5, 5.41) is 0. The largest absolute Gasteiger partial charge is 0.325 e. The van der Waals surface area contributed by atoms with E-state index in [9.17, 15) is 13.2 Å². The molecule has 4 nitrogen and oxygen atoms in total. The van der Waals surface area contributed by atoms with Crippen molar-refractivity contribution in [3.63, 3.8) is 0 Å². The van der Waals surface area contributed by atoms with Gasteiger partial charge < -0.3 is 10.5 Å². The van der Waals surface area contributed by atoms with Crippen LogP contribution in [0, 0.1) is 0 Å². The summed E-state index contributed by atoms with van der Waals surface area (Å²) in [5.74, 6) is 0.245. The first-order chi connectivity index (χ1) is 5.47. The minimum absolute atomic E-state index is 0.122. The molecule has 1 aliphatic heterocycles. The predicted molar refractivity (Wildman–Crippen MR) is 45.5 cm³/mol. The van der Waals surface area contributed by atoms with Gasteiger partial charge in [0.2, 0.25) is 0 Å². The van der Waals surface area contributed by atoms with Gasteiger partial charge in [0.05, 0.1) is 11.5 Å². The van der Waals surface area contributed by atoms with E-state index in [1.54, 1.807) is 0 Å². The second-order valence-electron chi connectivity index (χ2n) is 3.38. The third kappa shape index (κ3) is 2.28. The van der Waals surface area contributed by atoms with Crippen molar-refractivity contribution >= 4 is 16.1 Å². The Morgan fingerprint density at radius 2 is 1.83 bits per heavy atom. The van der Waals surface area contributed by atoms with Crippen LogP contribution >= 0.6 is 0 Å². The third-order valence-corrected chi connectivity index (χ3v) is 3.96. The van der Waals surface area contributed by atoms with Gasteiger partial charge in [-0.25, -0.2) is 8.42 Å². The molecule has 1 saturated heterocycles. The number of carbonyl (C=O) groups excluding carboxylic acids is 1. The van der Waals surface area contributed by atoms with Gasteiger partial charge in [0.15, 0.2) is 0 Å². The van der Waals surface area contributed by atoms with E-state index in [0.717, 1.165) is 6.29 Å². The Balaban J connectivity index is 2.61. The summed E-state index contributed by atoms with van der Waals surface area (Å²) < 4.78 is 22.0. The van der Waals surface area contributed by atoms with Crippen LogP contribution in [0.5, 0.6) is 0 Å². The van der Waals surface area contributed by atoms with Gasteiger partial charge in [-0.05, 0) is 12.8 Å². The van der Waals surface area contributed by atoms with Gasteiger partial charge in [0.25, 0.3) is 0 Å². The smallest absolute Gasteiger partial charge is 0.150 e. The number of nitrogens with two attached hydrogens (primary N) is 1. The fourth-order valence-electron chi connectivity index (χ4n) is 1.31. The first kappa shape index (κ1) is 9.67. The second-order valence-corrected chi connectivity index (χ2v) is 5.69. The highest BCUT2D eigenvalue weighted by Gasteiger charge is 2.33. The molecule has 0 aromatic carbocycles. The number of rotatable bonds is 2. The molecule has 0 amide bonds. The summed E-state index contributed by atoms with van der Waals surface area (Å²) in [7, 11) is -2.87. The van der Waals surface area contributed by atoms with Crippen molar-refractivity contribution in [2.75, 3.05) is 11.5 Å². The average Bonchev–Trinajstić information content (AvgIpc) is 1.98. The highest BCUT2D eigenvalue weighted by atomic mass is 32.2. The fraction of sp³-hybridized carbons (Fsp3) is 0.857. The number of sulfone groups is 1. The predicted octanol–water partition coefficient (Wildman–Crippen LogP) is -0.519. The van der Waals surface area contributed by atoms with Gasteiger partial charge in [0, 0.05) is 12.0 Å². The van der Waals surface area contributed by atoms with Gasteiger partial charge in [-0.3, -0.25) is 0 Å². The molecule has 0 bridgehead atoms. The molecule has 2 N–H and O–H groups in total. The summed E-state index contributed by atoms with van der Waals surface area (Å²) in [4.78, 5) is 10.2. The Kier molecular flexibility index (Phi) is 2.53. The topological polar surface area (TPSA) is 77.2 Å². The molecule has 12 heavy (non-hydrogen) atoms. The normalized spacial score (nSPS) is 26.4. The molecule has 5 heteroatoms. The maximum atomic E-state index is 11.0. The van der Waals surface area contributed by atoms with E-state index < -0.39 is 15.4 Å². The molecular formula is C7H13NO3S. The standard InChI is InChI=1S/C7H13NO3S/c8-7(1-4-9)2-5-12(10,11)6-3-7/h4H,1-3,5-6,8H2.